The van der Waals surface area contributed by atoms with Gasteiger partial charge in [0.1, 0.15) is 23.4 Å². The van der Waals surface area contributed by atoms with E-state index in [1.165, 1.54) is 0 Å². The SMILES string of the molecule is N#Cc1ccc(Oc2cccc3c2CC[C@H]3Oc2ccc(C3CC(=O)NS(O)(O)C3)cc2)cc1. The van der Waals surface area contributed by atoms with E-state index >= 15 is 0 Å². The van der Waals surface area contributed by atoms with Crippen LogP contribution in [0.5, 0.6) is 17.2 Å². The molecule has 1 heterocycles. The molecule has 0 saturated carbocycles. The van der Waals surface area contributed by atoms with E-state index in [-0.39, 0.29) is 30.1 Å². The molecule has 34 heavy (non-hydrogen) atoms. The molecule has 1 amide bonds. The van der Waals surface area contributed by atoms with Crippen LogP contribution in [0.25, 0.3) is 0 Å². The van der Waals surface area contributed by atoms with Crippen LogP contribution in [0.4, 0.5) is 0 Å². The number of nitriles is 1. The summed E-state index contributed by atoms with van der Waals surface area (Å²) in [6.45, 7) is 0. The Balaban J connectivity index is 1.28. The van der Waals surface area contributed by atoms with Gasteiger partial charge in [0.2, 0.25) is 5.91 Å². The van der Waals surface area contributed by atoms with E-state index in [0.29, 0.717) is 17.1 Å². The molecule has 3 aromatic carbocycles. The first-order chi connectivity index (χ1) is 16.4. The third-order valence-corrected chi connectivity index (χ3v) is 7.58. The average molecular weight is 477 g/mol. The van der Waals surface area contributed by atoms with Crippen molar-refractivity contribution in [1.82, 2.24) is 4.72 Å². The van der Waals surface area contributed by atoms with Gasteiger partial charge in [0.15, 0.2) is 0 Å². The highest BCUT2D eigenvalue weighted by atomic mass is 32.3. The number of amides is 1. The van der Waals surface area contributed by atoms with Crippen molar-refractivity contribution in [2.24, 2.45) is 0 Å². The van der Waals surface area contributed by atoms with Crippen molar-refractivity contribution in [3.05, 3.63) is 89.0 Å². The van der Waals surface area contributed by atoms with E-state index in [4.69, 9.17) is 14.7 Å². The summed E-state index contributed by atoms with van der Waals surface area (Å²) >= 11 is 0. The van der Waals surface area contributed by atoms with Crippen LogP contribution in [-0.2, 0) is 11.2 Å². The molecule has 2 atom stereocenters. The van der Waals surface area contributed by atoms with Gasteiger partial charge in [-0.2, -0.15) is 5.26 Å². The largest absolute Gasteiger partial charge is 0.486 e. The highest BCUT2D eigenvalue weighted by Crippen LogP contribution is 2.45. The zero-order valence-corrected chi connectivity index (χ0v) is 19.1. The smallest absolute Gasteiger partial charge is 0.238 e. The molecular formula is C26H24N2O5S. The van der Waals surface area contributed by atoms with Crippen LogP contribution in [-0.4, -0.2) is 20.8 Å². The van der Waals surface area contributed by atoms with Crippen molar-refractivity contribution in [2.45, 2.75) is 31.3 Å². The van der Waals surface area contributed by atoms with Gasteiger partial charge in [-0.05, 0) is 66.4 Å². The Morgan fingerprint density at radius 1 is 1.00 bits per heavy atom. The maximum atomic E-state index is 11.8. The molecule has 1 aliphatic heterocycles. The van der Waals surface area contributed by atoms with Crippen molar-refractivity contribution in [1.29, 1.82) is 5.26 Å². The molecule has 0 bridgehead atoms. The van der Waals surface area contributed by atoms with E-state index in [1.54, 1.807) is 24.3 Å². The minimum absolute atomic E-state index is 0.0993. The van der Waals surface area contributed by atoms with Crippen LogP contribution in [0, 0.1) is 11.3 Å². The van der Waals surface area contributed by atoms with Crippen molar-refractivity contribution < 1.29 is 23.4 Å². The summed E-state index contributed by atoms with van der Waals surface area (Å²) < 4.78 is 34.4. The lowest BCUT2D eigenvalue weighted by molar-refractivity contribution is -0.120. The van der Waals surface area contributed by atoms with Gasteiger partial charge in [-0.1, -0.05) is 24.3 Å². The fourth-order valence-corrected chi connectivity index (χ4v) is 5.95. The molecular weight excluding hydrogens is 452 g/mol. The first kappa shape index (κ1) is 22.3. The van der Waals surface area contributed by atoms with Crippen LogP contribution >= 0.6 is 10.8 Å². The van der Waals surface area contributed by atoms with Crippen LogP contribution in [0.1, 0.15) is 47.1 Å². The summed E-state index contributed by atoms with van der Waals surface area (Å²) in [4.78, 5) is 11.8. The monoisotopic (exact) mass is 476 g/mol. The average Bonchev–Trinajstić information content (AvgIpc) is 3.22. The number of rotatable bonds is 5. The molecule has 0 aromatic heterocycles. The molecule has 1 aliphatic carbocycles. The van der Waals surface area contributed by atoms with E-state index < -0.39 is 10.8 Å². The van der Waals surface area contributed by atoms with Gasteiger partial charge in [-0.25, -0.2) is 0 Å². The molecule has 174 valence electrons. The first-order valence-electron chi connectivity index (χ1n) is 11.0. The maximum absolute atomic E-state index is 11.8. The molecule has 1 saturated heterocycles. The molecule has 1 fully saturated rings. The number of carbonyl (C=O) groups is 1. The maximum Gasteiger partial charge on any atom is 0.238 e. The van der Waals surface area contributed by atoms with E-state index in [2.05, 4.69) is 16.9 Å². The Morgan fingerprint density at radius 3 is 2.44 bits per heavy atom. The second-order valence-corrected chi connectivity index (χ2v) is 10.4. The van der Waals surface area contributed by atoms with Gasteiger partial charge in [0, 0.05) is 17.9 Å². The van der Waals surface area contributed by atoms with Gasteiger partial charge in [0.25, 0.3) is 0 Å². The third kappa shape index (κ3) is 4.73. The third-order valence-electron chi connectivity index (χ3n) is 6.16. The molecule has 0 radical (unpaired) electrons. The Morgan fingerprint density at radius 2 is 1.74 bits per heavy atom. The molecule has 8 heteroatoms. The highest BCUT2D eigenvalue weighted by Gasteiger charge is 2.31. The fraction of sp³-hybridized carbons (Fsp3) is 0.231. The summed E-state index contributed by atoms with van der Waals surface area (Å²) in [6.07, 6.45) is 1.79. The Kier molecular flexibility index (Phi) is 5.92. The van der Waals surface area contributed by atoms with Gasteiger partial charge in [-0.15, -0.1) is 10.8 Å². The number of nitrogens with one attached hydrogen (secondary N) is 1. The Hall–Kier alpha value is -3.51. The summed E-state index contributed by atoms with van der Waals surface area (Å²) in [6, 6.07) is 22.6. The number of hydrogen-bond acceptors (Lipinski definition) is 6. The quantitative estimate of drug-likeness (QED) is 0.436. The molecule has 5 rings (SSSR count). The van der Waals surface area contributed by atoms with Crippen LogP contribution in [0.3, 0.4) is 0 Å². The lowest BCUT2D eigenvalue weighted by Crippen LogP contribution is -2.37. The number of carbonyl (C=O) groups excluding carboxylic acids is 1. The normalized spacial score (nSPS) is 21.6. The standard InChI is InChI=1S/C26H24N2O5S/c27-15-17-4-8-20(9-5-17)32-24-3-1-2-22-23(24)12-13-25(22)33-21-10-6-18(7-11-21)19-14-26(29)28-34(30,31)16-19/h1-11,19,25,30-31H,12-14,16H2,(H,28,29)/t19?,25-/m1/s1. The van der Waals surface area contributed by atoms with Gasteiger partial charge >= 0.3 is 0 Å². The van der Waals surface area contributed by atoms with Crippen molar-refractivity contribution in [3.8, 4) is 23.3 Å². The summed E-state index contributed by atoms with van der Waals surface area (Å²) in [5, 5.41) is 8.97. The minimum atomic E-state index is -3.08. The zero-order chi connectivity index (χ0) is 23.7. The van der Waals surface area contributed by atoms with Gasteiger partial charge < -0.3 is 9.47 Å². The second kappa shape index (κ2) is 9.03. The second-order valence-electron chi connectivity index (χ2n) is 8.54. The molecule has 7 nitrogen and oxygen atoms in total. The number of hydrogen-bond donors (Lipinski definition) is 3. The van der Waals surface area contributed by atoms with Gasteiger partial charge in [0.05, 0.1) is 17.4 Å². The highest BCUT2D eigenvalue weighted by molar-refractivity contribution is 8.23. The summed E-state index contributed by atoms with van der Waals surface area (Å²) in [5.74, 6) is 1.72. The number of benzene rings is 3. The Labute approximate surface area is 199 Å². The predicted octanol–water partition coefficient (Wildman–Crippen LogP) is 5.69. The van der Waals surface area contributed by atoms with E-state index in [0.717, 1.165) is 35.3 Å². The minimum Gasteiger partial charge on any atom is -0.486 e. The van der Waals surface area contributed by atoms with Crippen LogP contribution < -0.4 is 14.2 Å². The van der Waals surface area contributed by atoms with Crippen LogP contribution in [0.15, 0.2) is 66.7 Å². The number of nitrogens with zero attached hydrogens (tertiary/aromatic N) is 1. The molecule has 1 unspecified atom stereocenters. The fourth-order valence-electron chi connectivity index (χ4n) is 4.55. The number of fused-ring (bicyclic) bond motifs is 1. The molecule has 0 spiro atoms. The van der Waals surface area contributed by atoms with Crippen LogP contribution in [0.2, 0.25) is 0 Å². The molecule has 2 aliphatic rings. The van der Waals surface area contributed by atoms with Gasteiger partial charge in [-0.3, -0.25) is 18.6 Å². The zero-order valence-electron chi connectivity index (χ0n) is 18.3. The number of ether oxygens (including phenoxy) is 2. The van der Waals surface area contributed by atoms with E-state index in [9.17, 15) is 13.9 Å². The topological polar surface area (TPSA) is 112 Å². The molecule has 3 N–H and O–H groups in total. The van der Waals surface area contributed by atoms with Crippen molar-refractivity contribution in [2.75, 3.05) is 5.75 Å². The lowest BCUT2D eigenvalue weighted by Gasteiger charge is -2.40. The predicted molar refractivity (Wildman–Crippen MR) is 129 cm³/mol. The summed E-state index contributed by atoms with van der Waals surface area (Å²) in [7, 11) is -3.08. The van der Waals surface area contributed by atoms with Crippen molar-refractivity contribution in [3.63, 3.8) is 0 Å². The van der Waals surface area contributed by atoms with E-state index in [1.807, 2.05) is 36.4 Å². The summed E-state index contributed by atoms with van der Waals surface area (Å²) in [5.41, 5.74) is 3.68. The molecule has 3 aromatic rings. The van der Waals surface area contributed by atoms with Crippen molar-refractivity contribution >= 4 is 16.7 Å². The first-order valence-corrected chi connectivity index (χ1v) is 12.7. The Bertz CT molecular complexity index is 1250. The lowest BCUT2D eigenvalue weighted by atomic mass is 9.97.